The van der Waals surface area contributed by atoms with Gasteiger partial charge in [-0.1, -0.05) is 0 Å². The number of halogens is 1. The average Bonchev–Trinajstić information content (AvgIpc) is 2.26. The second-order valence-electron chi connectivity index (χ2n) is 4.71. The second-order valence-corrected chi connectivity index (χ2v) is 7.70. The van der Waals surface area contributed by atoms with Crippen molar-refractivity contribution in [2.45, 2.75) is 36.5 Å². The van der Waals surface area contributed by atoms with Gasteiger partial charge in [0.05, 0.1) is 15.8 Å². The van der Waals surface area contributed by atoms with Gasteiger partial charge in [-0.3, -0.25) is 0 Å². The molecule has 0 aliphatic carbocycles. The minimum absolute atomic E-state index is 0.134. The van der Waals surface area contributed by atoms with E-state index in [1.807, 2.05) is 19.9 Å². The first-order chi connectivity index (χ1) is 8.37. The molecule has 0 aromatic heterocycles. The summed E-state index contributed by atoms with van der Waals surface area (Å²) in [5, 5.41) is 2.81. The van der Waals surface area contributed by atoms with Gasteiger partial charge >= 0.3 is 0 Å². The van der Waals surface area contributed by atoms with Gasteiger partial charge < -0.3 is 11.1 Å². The molecule has 100 valence electrons. The van der Waals surface area contributed by atoms with Crippen molar-refractivity contribution in [1.29, 1.82) is 0 Å². The van der Waals surface area contributed by atoms with Crippen LogP contribution < -0.4 is 11.1 Å². The molecule has 0 spiro atoms. The predicted octanol–water partition coefficient (Wildman–Crippen LogP) is 2.06. The number of nitrogens with two attached hydrogens (primary N) is 1. The number of hydrogen-bond acceptors (Lipinski definition) is 4. The Morgan fingerprint density at radius 3 is 2.72 bits per heavy atom. The van der Waals surface area contributed by atoms with Crippen LogP contribution in [-0.2, 0) is 9.84 Å². The van der Waals surface area contributed by atoms with Crippen molar-refractivity contribution in [3.05, 3.63) is 22.2 Å². The standard InChI is InChI=1S/C12H17BrN2O2S/c1-7-5-9(13)12-11(6-7)18(16,17)10(3-4-14)8(2)15-12/h5-6,8,10,15H,3-4,14H2,1-2H3. The van der Waals surface area contributed by atoms with Crippen molar-refractivity contribution in [2.24, 2.45) is 5.73 Å². The molecule has 3 N–H and O–H groups in total. The number of sulfone groups is 1. The second kappa shape index (κ2) is 4.83. The van der Waals surface area contributed by atoms with Crippen LogP contribution in [0.1, 0.15) is 18.9 Å². The number of hydrogen-bond donors (Lipinski definition) is 2. The summed E-state index contributed by atoms with van der Waals surface area (Å²) >= 11 is 3.42. The van der Waals surface area contributed by atoms with E-state index in [4.69, 9.17) is 5.73 Å². The van der Waals surface area contributed by atoms with Crippen molar-refractivity contribution in [2.75, 3.05) is 11.9 Å². The van der Waals surface area contributed by atoms with Crippen molar-refractivity contribution in [3.63, 3.8) is 0 Å². The molecular weight excluding hydrogens is 316 g/mol. The fourth-order valence-corrected chi connectivity index (χ4v) is 5.40. The van der Waals surface area contributed by atoms with Crippen LogP contribution in [0.5, 0.6) is 0 Å². The van der Waals surface area contributed by atoms with Crippen LogP contribution in [0.2, 0.25) is 0 Å². The quantitative estimate of drug-likeness (QED) is 0.869. The Morgan fingerprint density at radius 2 is 2.11 bits per heavy atom. The summed E-state index contributed by atoms with van der Waals surface area (Å²) in [6, 6.07) is 3.50. The largest absolute Gasteiger partial charge is 0.379 e. The van der Waals surface area contributed by atoms with Crippen LogP contribution in [0.3, 0.4) is 0 Å². The summed E-state index contributed by atoms with van der Waals surface area (Å²) in [6.07, 6.45) is 0.474. The lowest BCUT2D eigenvalue weighted by Crippen LogP contribution is -2.43. The molecule has 1 aliphatic rings. The van der Waals surface area contributed by atoms with Crippen LogP contribution in [0.25, 0.3) is 0 Å². The minimum Gasteiger partial charge on any atom is -0.379 e. The third kappa shape index (κ3) is 2.17. The SMILES string of the molecule is Cc1cc(Br)c2c(c1)S(=O)(=O)C(CCN)C(C)N2. The Labute approximate surface area is 116 Å². The third-order valence-electron chi connectivity index (χ3n) is 3.28. The highest BCUT2D eigenvalue weighted by atomic mass is 79.9. The molecule has 2 unspecified atom stereocenters. The van der Waals surface area contributed by atoms with E-state index in [-0.39, 0.29) is 6.04 Å². The summed E-state index contributed by atoms with van der Waals surface area (Å²) < 4.78 is 26.0. The Balaban J connectivity index is 2.63. The van der Waals surface area contributed by atoms with E-state index in [1.165, 1.54) is 0 Å². The number of benzene rings is 1. The lowest BCUT2D eigenvalue weighted by Gasteiger charge is -2.33. The smallest absolute Gasteiger partial charge is 0.185 e. The molecule has 2 atom stereocenters. The number of anilines is 1. The number of rotatable bonds is 2. The average molecular weight is 333 g/mol. The minimum atomic E-state index is -3.31. The zero-order valence-corrected chi connectivity index (χ0v) is 12.8. The van der Waals surface area contributed by atoms with Gasteiger partial charge in [-0.25, -0.2) is 8.42 Å². The van der Waals surface area contributed by atoms with Crippen molar-refractivity contribution >= 4 is 31.5 Å². The molecule has 1 heterocycles. The summed E-state index contributed by atoms with van der Waals surface area (Å²) in [5.74, 6) is 0. The monoisotopic (exact) mass is 332 g/mol. The lowest BCUT2D eigenvalue weighted by atomic mass is 10.1. The van der Waals surface area contributed by atoms with Crippen LogP contribution in [0, 0.1) is 6.92 Å². The third-order valence-corrected chi connectivity index (χ3v) is 6.29. The highest BCUT2D eigenvalue weighted by Gasteiger charge is 2.38. The van der Waals surface area contributed by atoms with Gasteiger partial charge in [-0.05, 0) is 60.4 Å². The van der Waals surface area contributed by atoms with Gasteiger partial charge in [0, 0.05) is 10.5 Å². The Hall–Kier alpha value is -0.590. The highest BCUT2D eigenvalue weighted by molar-refractivity contribution is 9.10. The maximum absolute atomic E-state index is 12.6. The molecule has 4 nitrogen and oxygen atoms in total. The molecule has 2 rings (SSSR count). The molecule has 0 amide bonds. The summed E-state index contributed by atoms with van der Waals surface area (Å²) in [7, 11) is -3.31. The van der Waals surface area contributed by atoms with Gasteiger partial charge in [-0.15, -0.1) is 0 Å². The lowest BCUT2D eigenvalue weighted by molar-refractivity contribution is 0.548. The van der Waals surface area contributed by atoms with Crippen LogP contribution >= 0.6 is 15.9 Å². The zero-order valence-electron chi connectivity index (χ0n) is 10.4. The van der Waals surface area contributed by atoms with Crippen molar-refractivity contribution in [1.82, 2.24) is 0 Å². The first kappa shape index (κ1) is 13.8. The van der Waals surface area contributed by atoms with Crippen molar-refractivity contribution in [3.8, 4) is 0 Å². The van der Waals surface area contributed by atoms with E-state index in [1.54, 1.807) is 6.07 Å². The summed E-state index contributed by atoms with van der Waals surface area (Å²) in [6.45, 7) is 4.14. The van der Waals surface area contributed by atoms with E-state index < -0.39 is 15.1 Å². The maximum atomic E-state index is 12.6. The van der Waals surface area contributed by atoms with E-state index in [0.717, 1.165) is 10.0 Å². The molecule has 18 heavy (non-hydrogen) atoms. The Kier molecular flexibility index (Phi) is 3.71. The fourth-order valence-electron chi connectivity index (χ4n) is 2.40. The van der Waals surface area contributed by atoms with E-state index in [0.29, 0.717) is 23.5 Å². The van der Waals surface area contributed by atoms with E-state index >= 15 is 0 Å². The summed E-state index contributed by atoms with van der Waals surface area (Å²) in [4.78, 5) is 0.380. The first-order valence-electron chi connectivity index (χ1n) is 5.88. The molecule has 0 radical (unpaired) electrons. The molecular formula is C12H17BrN2O2S. The van der Waals surface area contributed by atoms with Gasteiger partial charge in [-0.2, -0.15) is 0 Å². The fraction of sp³-hybridized carbons (Fsp3) is 0.500. The Morgan fingerprint density at radius 1 is 1.44 bits per heavy atom. The van der Waals surface area contributed by atoms with Gasteiger partial charge in [0.1, 0.15) is 0 Å². The number of nitrogens with one attached hydrogen (secondary N) is 1. The van der Waals surface area contributed by atoms with Crippen LogP contribution in [-0.4, -0.2) is 26.3 Å². The van der Waals surface area contributed by atoms with Crippen molar-refractivity contribution < 1.29 is 8.42 Å². The van der Waals surface area contributed by atoms with E-state index in [9.17, 15) is 8.42 Å². The van der Waals surface area contributed by atoms with E-state index in [2.05, 4.69) is 21.2 Å². The van der Waals surface area contributed by atoms with Crippen LogP contribution in [0.4, 0.5) is 5.69 Å². The zero-order chi connectivity index (χ0) is 13.5. The number of fused-ring (bicyclic) bond motifs is 1. The highest BCUT2D eigenvalue weighted by Crippen LogP contribution is 2.39. The van der Waals surface area contributed by atoms with Crippen LogP contribution in [0.15, 0.2) is 21.5 Å². The molecule has 1 aromatic rings. The van der Waals surface area contributed by atoms with Gasteiger partial charge in [0.15, 0.2) is 9.84 Å². The maximum Gasteiger partial charge on any atom is 0.185 e. The summed E-state index contributed by atoms with van der Waals surface area (Å²) in [5.41, 5.74) is 7.11. The van der Waals surface area contributed by atoms with Gasteiger partial charge in [0.2, 0.25) is 0 Å². The molecule has 1 aliphatic heterocycles. The van der Waals surface area contributed by atoms with Gasteiger partial charge in [0.25, 0.3) is 0 Å². The Bertz CT molecular complexity index is 572. The first-order valence-corrected chi connectivity index (χ1v) is 8.22. The molecule has 0 fully saturated rings. The number of aryl methyl sites for hydroxylation is 1. The predicted molar refractivity (Wildman–Crippen MR) is 76.6 cm³/mol. The molecule has 6 heteroatoms. The molecule has 0 saturated carbocycles. The molecule has 1 aromatic carbocycles. The molecule has 0 saturated heterocycles. The normalized spacial score (nSPS) is 25.3. The molecule has 0 bridgehead atoms. The topological polar surface area (TPSA) is 72.2 Å².